The van der Waals surface area contributed by atoms with E-state index < -0.39 is 0 Å². The molecule has 1 aliphatic rings. The summed E-state index contributed by atoms with van der Waals surface area (Å²) < 4.78 is 2.34. The zero-order valence-electron chi connectivity index (χ0n) is 12.5. The molecule has 3 nitrogen and oxygen atoms in total. The predicted molar refractivity (Wildman–Crippen MR) is 84.1 cm³/mol. The quantitative estimate of drug-likeness (QED) is 0.939. The van der Waals surface area contributed by atoms with Crippen LogP contribution in [0.5, 0.6) is 0 Å². The monoisotopic (exact) mass is 289 g/mol. The molecule has 0 fully saturated rings. The molecule has 0 aromatic carbocycles. The fourth-order valence-electron chi connectivity index (χ4n) is 3.17. The number of fused-ring (bicyclic) bond motifs is 1. The third-order valence-corrected chi connectivity index (χ3v) is 5.31. The molecule has 0 spiro atoms. The largest absolute Gasteiger partial charge is 0.344 e. The molecule has 0 aliphatic heterocycles. The minimum atomic E-state index is 0.178. The van der Waals surface area contributed by atoms with E-state index in [2.05, 4.69) is 42.6 Å². The molecule has 4 heteroatoms. The van der Waals surface area contributed by atoms with Crippen LogP contribution in [0.3, 0.4) is 0 Å². The van der Waals surface area contributed by atoms with Gasteiger partial charge in [-0.3, -0.25) is 0 Å². The van der Waals surface area contributed by atoms with Crippen LogP contribution in [0.1, 0.15) is 54.4 Å². The molecule has 1 aliphatic carbocycles. The van der Waals surface area contributed by atoms with Crippen LogP contribution in [0.15, 0.2) is 18.5 Å². The molecule has 2 aromatic heterocycles. The van der Waals surface area contributed by atoms with Crippen LogP contribution in [0.2, 0.25) is 0 Å². The molecular weight excluding hydrogens is 266 g/mol. The van der Waals surface area contributed by atoms with Crippen molar-refractivity contribution in [3.63, 3.8) is 0 Å². The van der Waals surface area contributed by atoms with Gasteiger partial charge in [0.2, 0.25) is 0 Å². The third-order valence-electron chi connectivity index (χ3n) is 4.19. The van der Waals surface area contributed by atoms with Gasteiger partial charge in [0.15, 0.2) is 0 Å². The van der Waals surface area contributed by atoms with Gasteiger partial charge in [0.25, 0.3) is 0 Å². The zero-order valence-corrected chi connectivity index (χ0v) is 13.3. The molecule has 1 atom stereocenters. The van der Waals surface area contributed by atoms with Crippen molar-refractivity contribution in [3.8, 4) is 0 Å². The first-order valence-electron chi connectivity index (χ1n) is 7.35. The summed E-state index contributed by atoms with van der Waals surface area (Å²) in [4.78, 5) is 5.89. The van der Waals surface area contributed by atoms with Crippen molar-refractivity contribution in [1.82, 2.24) is 9.55 Å². The molecule has 0 bridgehead atoms. The first kappa shape index (κ1) is 13.8. The molecule has 2 aromatic rings. The maximum Gasteiger partial charge on any atom is 0.113 e. The van der Waals surface area contributed by atoms with Gasteiger partial charge in [0.05, 0.1) is 6.54 Å². The van der Waals surface area contributed by atoms with Crippen molar-refractivity contribution >= 4 is 11.3 Å². The van der Waals surface area contributed by atoms with Crippen molar-refractivity contribution in [3.05, 3.63) is 39.6 Å². The third kappa shape index (κ3) is 2.54. The van der Waals surface area contributed by atoms with Crippen LogP contribution in [-0.4, -0.2) is 9.55 Å². The predicted octanol–water partition coefficient (Wildman–Crippen LogP) is 3.53. The summed E-state index contributed by atoms with van der Waals surface area (Å²) in [6.45, 7) is 7.68. The van der Waals surface area contributed by atoms with Crippen LogP contribution in [-0.2, 0) is 19.4 Å². The van der Waals surface area contributed by atoms with Gasteiger partial charge in [-0.1, -0.05) is 20.8 Å². The van der Waals surface area contributed by atoms with Gasteiger partial charge in [-0.05, 0) is 36.3 Å². The first-order valence-corrected chi connectivity index (χ1v) is 8.17. The number of aromatic nitrogens is 2. The molecular formula is C16H23N3S. The summed E-state index contributed by atoms with van der Waals surface area (Å²) in [5.41, 5.74) is 9.35. The first-order chi connectivity index (χ1) is 9.48. The van der Waals surface area contributed by atoms with Crippen LogP contribution < -0.4 is 5.73 Å². The lowest BCUT2D eigenvalue weighted by atomic mass is 9.74. The van der Waals surface area contributed by atoms with Gasteiger partial charge in [-0.15, -0.1) is 11.3 Å². The highest BCUT2D eigenvalue weighted by molar-refractivity contribution is 7.11. The van der Waals surface area contributed by atoms with E-state index in [-0.39, 0.29) is 6.04 Å². The lowest BCUT2D eigenvalue weighted by Crippen LogP contribution is -2.30. The van der Waals surface area contributed by atoms with Crippen molar-refractivity contribution in [2.75, 3.05) is 0 Å². The number of rotatable bonds is 3. The second kappa shape index (κ2) is 5.01. The van der Waals surface area contributed by atoms with E-state index in [9.17, 15) is 0 Å². The minimum absolute atomic E-state index is 0.178. The Balaban J connectivity index is 1.89. The lowest BCUT2D eigenvalue weighted by molar-refractivity contribution is 0.276. The number of hydrogen-bond acceptors (Lipinski definition) is 3. The van der Waals surface area contributed by atoms with E-state index in [1.54, 1.807) is 0 Å². The fourth-order valence-corrected chi connectivity index (χ4v) is 4.03. The molecule has 0 radical (unpaired) electrons. The highest BCUT2D eigenvalue weighted by atomic mass is 32.1. The van der Waals surface area contributed by atoms with E-state index in [1.165, 1.54) is 21.1 Å². The molecule has 2 N–H and O–H groups in total. The molecule has 0 amide bonds. The summed E-state index contributed by atoms with van der Waals surface area (Å²) in [5, 5.41) is 1.19. The Morgan fingerprint density at radius 1 is 1.50 bits per heavy atom. The van der Waals surface area contributed by atoms with Crippen molar-refractivity contribution in [1.29, 1.82) is 0 Å². The Kier molecular flexibility index (Phi) is 3.46. The van der Waals surface area contributed by atoms with Crippen LogP contribution in [0.4, 0.5) is 0 Å². The Labute approximate surface area is 124 Å². The van der Waals surface area contributed by atoms with Gasteiger partial charge in [0.1, 0.15) is 5.01 Å². The van der Waals surface area contributed by atoms with Crippen molar-refractivity contribution < 1.29 is 0 Å². The Morgan fingerprint density at radius 2 is 2.30 bits per heavy atom. The Morgan fingerprint density at radius 3 is 3.00 bits per heavy atom. The van der Waals surface area contributed by atoms with Crippen LogP contribution in [0, 0.1) is 5.41 Å². The Bertz CT molecular complexity index is 609. The SMILES string of the molecule is CCc1cnc(Cn2ccc3c2CC(C)(C)CC3N)s1. The average molecular weight is 289 g/mol. The average Bonchev–Trinajstić information content (AvgIpc) is 2.96. The number of thiazole rings is 1. The lowest BCUT2D eigenvalue weighted by Gasteiger charge is -2.34. The van der Waals surface area contributed by atoms with E-state index in [0.29, 0.717) is 5.41 Å². The van der Waals surface area contributed by atoms with E-state index in [0.717, 1.165) is 25.8 Å². The highest BCUT2D eigenvalue weighted by Crippen LogP contribution is 2.40. The molecule has 1 unspecified atom stereocenters. The van der Waals surface area contributed by atoms with Crippen molar-refractivity contribution in [2.45, 2.75) is 52.6 Å². The maximum absolute atomic E-state index is 6.33. The summed E-state index contributed by atoms with van der Waals surface area (Å²) in [7, 11) is 0. The van der Waals surface area contributed by atoms with E-state index in [1.807, 2.05) is 17.5 Å². The molecule has 20 heavy (non-hydrogen) atoms. The molecule has 0 saturated heterocycles. The second-order valence-electron chi connectivity index (χ2n) is 6.57. The minimum Gasteiger partial charge on any atom is -0.344 e. The van der Waals surface area contributed by atoms with Gasteiger partial charge in [-0.25, -0.2) is 4.98 Å². The Hall–Kier alpha value is -1.13. The second-order valence-corrected chi connectivity index (χ2v) is 7.77. The molecule has 108 valence electrons. The smallest absolute Gasteiger partial charge is 0.113 e. The molecule has 0 saturated carbocycles. The van der Waals surface area contributed by atoms with Gasteiger partial charge >= 0.3 is 0 Å². The fraction of sp³-hybridized carbons (Fsp3) is 0.562. The number of nitrogens with zero attached hydrogens (tertiary/aromatic N) is 2. The van der Waals surface area contributed by atoms with Gasteiger partial charge in [0, 0.05) is 29.0 Å². The van der Waals surface area contributed by atoms with Crippen LogP contribution >= 0.6 is 11.3 Å². The zero-order chi connectivity index (χ0) is 14.3. The highest BCUT2D eigenvalue weighted by Gasteiger charge is 2.32. The standard InChI is InChI=1S/C16H23N3S/c1-4-11-9-18-15(20-11)10-19-6-5-12-13(17)7-16(2,3)8-14(12)19/h5-6,9,13H,4,7-8,10,17H2,1-3H3. The number of hydrogen-bond donors (Lipinski definition) is 1. The maximum atomic E-state index is 6.33. The summed E-state index contributed by atoms with van der Waals surface area (Å²) in [5.74, 6) is 0. The topological polar surface area (TPSA) is 43.8 Å². The molecule has 3 rings (SSSR count). The van der Waals surface area contributed by atoms with E-state index in [4.69, 9.17) is 5.73 Å². The van der Waals surface area contributed by atoms with Gasteiger partial charge in [-0.2, -0.15) is 0 Å². The van der Waals surface area contributed by atoms with Gasteiger partial charge < -0.3 is 10.3 Å². The van der Waals surface area contributed by atoms with E-state index >= 15 is 0 Å². The number of aryl methyl sites for hydroxylation is 1. The normalized spacial score (nSPS) is 20.9. The van der Waals surface area contributed by atoms with Crippen LogP contribution in [0.25, 0.3) is 0 Å². The number of nitrogens with two attached hydrogens (primary N) is 1. The van der Waals surface area contributed by atoms with Crippen molar-refractivity contribution in [2.24, 2.45) is 11.1 Å². The molecule has 2 heterocycles. The summed E-state index contributed by atoms with van der Waals surface area (Å²) >= 11 is 1.82. The summed E-state index contributed by atoms with van der Waals surface area (Å²) in [6, 6.07) is 2.38. The summed E-state index contributed by atoms with van der Waals surface area (Å²) in [6.07, 6.45) is 7.43.